The van der Waals surface area contributed by atoms with Gasteiger partial charge in [0.1, 0.15) is 49.9 Å². The van der Waals surface area contributed by atoms with E-state index in [1.807, 2.05) is 4.90 Å². The minimum Gasteiger partial charge on any atom is -0.467 e. The van der Waals surface area contributed by atoms with Gasteiger partial charge in [-0.3, -0.25) is 9.80 Å². The largest absolute Gasteiger partial charge is 0.467 e. The number of rotatable bonds is 12. The summed E-state index contributed by atoms with van der Waals surface area (Å²) in [5.74, 6) is 3.88. The second-order valence-corrected chi connectivity index (χ2v) is 24.2. The highest BCUT2D eigenvalue weighted by molar-refractivity contribution is 7.19. The van der Waals surface area contributed by atoms with E-state index < -0.39 is 50.0 Å². The highest BCUT2D eigenvalue weighted by Crippen LogP contribution is 2.45. The van der Waals surface area contributed by atoms with Crippen molar-refractivity contribution in [3.8, 4) is 34.2 Å². The monoisotopic (exact) mass is 866 g/mol. The Morgan fingerprint density at radius 3 is 2.52 bits per heavy atom. The van der Waals surface area contributed by atoms with E-state index in [0.717, 1.165) is 30.7 Å². The quantitative estimate of drug-likeness (QED) is 0.0835. The van der Waals surface area contributed by atoms with Crippen molar-refractivity contribution < 1.29 is 42.0 Å². The van der Waals surface area contributed by atoms with E-state index in [1.54, 1.807) is 18.2 Å². The van der Waals surface area contributed by atoms with Crippen LogP contribution in [0.1, 0.15) is 72.8 Å². The summed E-state index contributed by atoms with van der Waals surface area (Å²) in [6, 6.07) is 5.08. The van der Waals surface area contributed by atoms with Crippen molar-refractivity contribution in [2.24, 2.45) is 0 Å². The molecule has 0 spiro atoms. The van der Waals surface area contributed by atoms with Crippen LogP contribution in [0, 0.1) is 17.3 Å². The molecule has 2 bridgehead atoms. The molecule has 0 radical (unpaired) electrons. The minimum absolute atomic E-state index is 0.0329. The van der Waals surface area contributed by atoms with Crippen molar-refractivity contribution in [1.29, 1.82) is 0 Å². The molecule has 0 aliphatic carbocycles. The Kier molecular flexibility index (Phi) is 11.6. The van der Waals surface area contributed by atoms with Gasteiger partial charge in [0.15, 0.2) is 17.4 Å². The number of aromatic nitrogens is 3. The lowest BCUT2D eigenvalue weighted by Crippen LogP contribution is -2.57. The van der Waals surface area contributed by atoms with E-state index in [1.165, 1.54) is 18.1 Å². The zero-order valence-corrected chi connectivity index (χ0v) is 37.0. The van der Waals surface area contributed by atoms with E-state index in [9.17, 15) is 14.3 Å². The zero-order valence-electron chi connectivity index (χ0n) is 35.1. The maximum Gasteiger partial charge on any atom is 0.408 e. The summed E-state index contributed by atoms with van der Waals surface area (Å²) in [5, 5.41) is 11.2. The first kappa shape index (κ1) is 42.3. The number of hydrogen-bond donors (Lipinski definition) is 1. The fourth-order valence-electron chi connectivity index (χ4n) is 10.6. The Balaban J connectivity index is 1.23. The van der Waals surface area contributed by atoms with Crippen LogP contribution in [0.15, 0.2) is 24.3 Å². The van der Waals surface area contributed by atoms with Crippen LogP contribution in [-0.2, 0) is 4.74 Å². The van der Waals surface area contributed by atoms with Gasteiger partial charge in [-0.1, -0.05) is 64.9 Å². The van der Waals surface area contributed by atoms with Crippen LogP contribution >= 0.6 is 11.3 Å². The molecule has 6 heterocycles. The lowest BCUT2D eigenvalue weighted by atomic mass is 9.95. The predicted octanol–water partition coefficient (Wildman–Crippen LogP) is 8.96. The number of fused-ring (bicyclic) bond motifs is 5. The molecule has 1 amide bonds. The van der Waals surface area contributed by atoms with E-state index in [4.69, 9.17) is 33.9 Å². The Labute approximate surface area is 353 Å². The summed E-state index contributed by atoms with van der Waals surface area (Å²) in [4.78, 5) is 32.2. The van der Waals surface area contributed by atoms with Crippen LogP contribution in [0.5, 0.6) is 22.7 Å². The average molecular weight is 867 g/mol. The predicted molar refractivity (Wildman–Crippen MR) is 227 cm³/mol. The molecule has 5 atom stereocenters. The number of carboxylic acid groups (broad SMARTS) is 1. The number of piperazine rings is 1. The molecule has 1 N–H and O–H groups in total. The Bertz CT molecular complexity index is 2320. The molecule has 4 fully saturated rings. The van der Waals surface area contributed by atoms with Gasteiger partial charge < -0.3 is 29.0 Å². The normalized spacial score (nSPS) is 24.2. The van der Waals surface area contributed by atoms with E-state index in [2.05, 4.69) is 57.9 Å². The summed E-state index contributed by atoms with van der Waals surface area (Å²) in [5.41, 5.74) is 4.76. The van der Waals surface area contributed by atoms with Crippen LogP contribution < -0.4 is 19.1 Å². The molecule has 0 saturated carbocycles. The number of carbonyl (C=O) groups is 1. The standard InChI is InChI=1S/C43H53F3N6O6SSi/c1-24(2)60(25(3)4,26(5)6)14-11-31-32(45)10-9-27-15-30(57-23-55-7)17-35(36(27)31)58-41-47-37-38(50-20-29-16-33(46)34(21-50)52(29)42(53)54)48-40(49-39(37)59-41)56-22-43-12-8-13-51(43)19-28(44)18-43/h9-10,15,17,24-26,28-29,33-34H,8,12-13,16,18-23H2,1-7H3,(H,53,54)/t28-,29-,33?,34-,43+/m1/s1. The number of benzene rings is 2. The molecule has 4 saturated heterocycles. The first-order chi connectivity index (χ1) is 28.6. The van der Waals surface area contributed by atoms with Gasteiger partial charge in [-0.15, -0.1) is 5.54 Å². The number of halogens is 3. The minimum atomic E-state index is -2.27. The molecule has 4 aromatic rings. The Hall–Kier alpha value is -4.37. The molecule has 8 rings (SSSR count). The number of thiazole rings is 1. The summed E-state index contributed by atoms with van der Waals surface area (Å²) >= 11 is 1.13. The fourth-order valence-corrected chi connectivity index (χ4v) is 16.6. The highest BCUT2D eigenvalue weighted by atomic mass is 32.1. The van der Waals surface area contributed by atoms with Gasteiger partial charge in [-0.05, 0) is 53.5 Å². The first-order valence-electron chi connectivity index (χ1n) is 20.8. The van der Waals surface area contributed by atoms with Crippen LogP contribution in [-0.4, -0.2) is 121 Å². The summed E-state index contributed by atoms with van der Waals surface area (Å²) < 4.78 is 70.1. The number of alkyl halides is 2. The molecule has 17 heteroatoms. The van der Waals surface area contributed by atoms with Gasteiger partial charge in [-0.2, -0.15) is 15.0 Å². The summed E-state index contributed by atoms with van der Waals surface area (Å²) in [6.45, 7) is 14.8. The van der Waals surface area contributed by atoms with Crippen molar-refractivity contribution in [2.75, 3.05) is 51.6 Å². The number of anilines is 1. The lowest BCUT2D eigenvalue weighted by Gasteiger charge is -2.39. The second-order valence-electron chi connectivity index (χ2n) is 17.6. The van der Waals surface area contributed by atoms with Gasteiger partial charge in [0.05, 0.1) is 23.2 Å². The number of hydrogen-bond acceptors (Lipinski definition) is 11. The molecule has 60 heavy (non-hydrogen) atoms. The maximum absolute atomic E-state index is 16.1. The molecule has 12 nitrogen and oxygen atoms in total. The van der Waals surface area contributed by atoms with Crippen molar-refractivity contribution >= 4 is 52.4 Å². The van der Waals surface area contributed by atoms with Crippen LogP contribution in [0.4, 0.5) is 23.8 Å². The number of nitrogens with zero attached hydrogens (tertiary/aromatic N) is 6. The number of methoxy groups -OCH3 is 1. The van der Waals surface area contributed by atoms with Gasteiger partial charge in [0.2, 0.25) is 0 Å². The van der Waals surface area contributed by atoms with E-state index in [0.29, 0.717) is 62.3 Å². The molecular formula is C43H53F3N6O6SSi. The molecule has 2 aromatic heterocycles. The lowest BCUT2D eigenvalue weighted by molar-refractivity contribution is 0.0511. The third kappa shape index (κ3) is 7.51. The molecule has 4 aliphatic rings. The Morgan fingerprint density at radius 2 is 1.82 bits per heavy atom. The molecular weight excluding hydrogens is 814 g/mol. The Morgan fingerprint density at radius 1 is 1.05 bits per heavy atom. The van der Waals surface area contributed by atoms with Crippen molar-refractivity contribution in [3.05, 3.63) is 35.6 Å². The second kappa shape index (κ2) is 16.5. The van der Waals surface area contributed by atoms with Crippen molar-refractivity contribution in [2.45, 2.75) is 114 Å². The van der Waals surface area contributed by atoms with Crippen LogP contribution in [0.25, 0.3) is 21.1 Å². The SMILES string of the molecule is COCOc1cc(Oc2nc3c(N4C[C@H]5CC(F)[C@@H](C4)N5C(=O)O)nc(OC[C@@]45CCCN4C[C@H](F)C5)nc3s2)c2c(C#C[Si](C(C)C)(C(C)C)C(C)C)c(F)ccc2c1. The summed E-state index contributed by atoms with van der Waals surface area (Å²) in [6.07, 6.45) is -1.27. The zero-order chi connectivity index (χ0) is 42.7. The molecule has 2 aromatic carbocycles. The first-order valence-corrected chi connectivity index (χ1v) is 23.9. The smallest absolute Gasteiger partial charge is 0.408 e. The average Bonchev–Trinajstić information content (AvgIpc) is 3.91. The number of amides is 1. The van der Waals surface area contributed by atoms with Gasteiger partial charge in [-0.25, -0.2) is 18.0 Å². The van der Waals surface area contributed by atoms with Crippen molar-refractivity contribution in [3.63, 3.8) is 0 Å². The van der Waals surface area contributed by atoms with Crippen LogP contribution in [0.3, 0.4) is 0 Å². The van der Waals surface area contributed by atoms with E-state index >= 15 is 8.78 Å². The topological polar surface area (TPSA) is 123 Å². The van der Waals surface area contributed by atoms with Gasteiger partial charge in [0, 0.05) is 51.0 Å². The third-order valence-electron chi connectivity index (χ3n) is 13.3. The number of ether oxygens (including phenoxy) is 4. The summed E-state index contributed by atoms with van der Waals surface area (Å²) in [7, 11) is -0.754. The van der Waals surface area contributed by atoms with Crippen LogP contribution in [0.2, 0.25) is 16.6 Å². The fraction of sp³-hybridized carbons (Fsp3) is 0.581. The third-order valence-corrected chi connectivity index (χ3v) is 20.4. The van der Waals surface area contributed by atoms with E-state index in [-0.39, 0.29) is 55.4 Å². The highest BCUT2D eigenvalue weighted by Gasteiger charge is 2.51. The maximum atomic E-state index is 16.1. The molecule has 4 aliphatic heterocycles. The van der Waals surface area contributed by atoms with Gasteiger partial charge >= 0.3 is 12.1 Å². The molecule has 322 valence electrons. The van der Waals surface area contributed by atoms with Gasteiger partial charge in [0.25, 0.3) is 5.19 Å². The van der Waals surface area contributed by atoms with Crippen molar-refractivity contribution in [1.82, 2.24) is 24.8 Å². The molecule has 1 unspecified atom stereocenters.